The van der Waals surface area contributed by atoms with E-state index in [1.54, 1.807) is 16.2 Å². The van der Waals surface area contributed by atoms with E-state index < -0.39 is 18.4 Å². The largest absolute Gasteiger partial charge is 0.497 e. The Morgan fingerprint density at radius 3 is 2.88 bits per heavy atom. The Kier molecular flexibility index (Phi) is 5.33. The summed E-state index contributed by atoms with van der Waals surface area (Å²) in [5, 5.41) is 1.97. The van der Waals surface area contributed by atoms with E-state index in [0.29, 0.717) is 12.3 Å². The number of rotatable bonds is 5. The number of thiophene rings is 1. The second-order valence-electron chi connectivity index (χ2n) is 5.68. The van der Waals surface area contributed by atoms with Crippen molar-refractivity contribution in [3.05, 3.63) is 52.0 Å². The van der Waals surface area contributed by atoms with E-state index in [1.807, 2.05) is 17.5 Å². The highest BCUT2D eigenvalue weighted by Crippen LogP contribution is 2.34. The molecule has 0 bridgehead atoms. The van der Waals surface area contributed by atoms with Crippen LogP contribution < -0.4 is 4.74 Å². The highest BCUT2D eigenvalue weighted by Gasteiger charge is 2.31. The molecular weight excluding hydrogens is 345 g/mol. The predicted molar refractivity (Wildman–Crippen MR) is 91.2 cm³/mol. The number of ether oxygens (including phenoxy) is 2. The van der Waals surface area contributed by atoms with E-state index in [1.165, 1.54) is 19.2 Å². The molecule has 3 rings (SSSR count). The molecule has 2 heterocycles. The van der Waals surface area contributed by atoms with Gasteiger partial charge < -0.3 is 14.4 Å². The molecule has 1 amide bonds. The van der Waals surface area contributed by atoms with Crippen LogP contribution in [0.2, 0.25) is 0 Å². The van der Waals surface area contributed by atoms with Crippen LogP contribution in [0, 0.1) is 5.82 Å². The van der Waals surface area contributed by atoms with Crippen molar-refractivity contribution in [2.45, 2.75) is 18.9 Å². The molecule has 1 aromatic heterocycles. The van der Waals surface area contributed by atoms with Crippen LogP contribution in [0.3, 0.4) is 0 Å². The molecule has 0 aliphatic carbocycles. The van der Waals surface area contributed by atoms with E-state index in [-0.39, 0.29) is 17.5 Å². The second kappa shape index (κ2) is 7.65. The van der Waals surface area contributed by atoms with Crippen molar-refractivity contribution in [1.82, 2.24) is 4.90 Å². The van der Waals surface area contributed by atoms with E-state index in [4.69, 9.17) is 9.47 Å². The van der Waals surface area contributed by atoms with Gasteiger partial charge in [0.05, 0.1) is 18.7 Å². The molecule has 7 heteroatoms. The molecule has 1 atom stereocenters. The number of carbonyl (C=O) groups is 2. The molecule has 2 aromatic rings. The van der Waals surface area contributed by atoms with Crippen LogP contribution in [-0.2, 0) is 9.53 Å². The first-order valence-corrected chi connectivity index (χ1v) is 8.81. The number of benzene rings is 1. The summed E-state index contributed by atoms with van der Waals surface area (Å²) in [6.45, 7) is 0.238. The molecule has 1 unspecified atom stereocenters. The van der Waals surface area contributed by atoms with Crippen molar-refractivity contribution in [2.75, 3.05) is 20.3 Å². The van der Waals surface area contributed by atoms with Gasteiger partial charge in [-0.1, -0.05) is 6.07 Å². The summed E-state index contributed by atoms with van der Waals surface area (Å²) in [7, 11) is 1.41. The number of likely N-dealkylation sites (tertiary alicyclic amines) is 1. The molecule has 0 saturated carbocycles. The van der Waals surface area contributed by atoms with Gasteiger partial charge in [-0.15, -0.1) is 11.3 Å². The zero-order valence-electron chi connectivity index (χ0n) is 13.7. The molecule has 1 aliphatic heterocycles. The Bertz CT molecular complexity index is 762. The molecule has 1 aliphatic rings. The third-order valence-electron chi connectivity index (χ3n) is 4.17. The predicted octanol–water partition coefficient (Wildman–Crippen LogP) is 3.42. The molecule has 1 fully saturated rings. The molecule has 132 valence electrons. The Morgan fingerprint density at radius 2 is 2.20 bits per heavy atom. The Morgan fingerprint density at radius 1 is 1.36 bits per heavy atom. The van der Waals surface area contributed by atoms with Crippen molar-refractivity contribution >= 4 is 23.2 Å². The second-order valence-corrected chi connectivity index (χ2v) is 6.66. The molecule has 0 spiro atoms. The fourth-order valence-corrected chi connectivity index (χ4v) is 3.79. The van der Waals surface area contributed by atoms with Crippen molar-refractivity contribution in [3.8, 4) is 5.75 Å². The van der Waals surface area contributed by atoms with Crippen LogP contribution in [0.5, 0.6) is 5.75 Å². The van der Waals surface area contributed by atoms with Crippen LogP contribution in [0.4, 0.5) is 4.39 Å². The van der Waals surface area contributed by atoms with Crippen LogP contribution in [-0.4, -0.2) is 37.0 Å². The van der Waals surface area contributed by atoms with Gasteiger partial charge in [0.2, 0.25) is 0 Å². The molecule has 5 nitrogen and oxygen atoms in total. The summed E-state index contributed by atoms with van der Waals surface area (Å²) >= 11 is 1.60. The summed E-state index contributed by atoms with van der Waals surface area (Å²) in [4.78, 5) is 27.3. The van der Waals surface area contributed by atoms with E-state index in [2.05, 4.69) is 0 Å². The van der Waals surface area contributed by atoms with Gasteiger partial charge in [-0.2, -0.15) is 0 Å². The average molecular weight is 363 g/mol. The number of nitrogens with zero attached hydrogens (tertiary/aromatic N) is 1. The van der Waals surface area contributed by atoms with Crippen LogP contribution in [0.15, 0.2) is 35.7 Å². The lowest BCUT2D eigenvalue weighted by atomic mass is 10.2. The minimum absolute atomic E-state index is 0.0314. The summed E-state index contributed by atoms with van der Waals surface area (Å²) < 4.78 is 23.8. The Labute approximate surface area is 149 Å². The maximum absolute atomic E-state index is 13.9. The van der Waals surface area contributed by atoms with Gasteiger partial charge in [-0.25, -0.2) is 9.18 Å². The maximum Gasteiger partial charge on any atom is 0.341 e. The smallest absolute Gasteiger partial charge is 0.341 e. The number of hydrogen-bond acceptors (Lipinski definition) is 5. The number of halogens is 1. The topological polar surface area (TPSA) is 55.8 Å². The number of carbonyl (C=O) groups excluding carboxylic acids is 2. The molecule has 0 N–H and O–H groups in total. The first-order valence-electron chi connectivity index (χ1n) is 7.93. The fourth-order valence-electron chi connectivity index (χ4n) is 2.92. The minimum atomic E-state index is -0.861. The quantitative estimate of drug-likeness (QED) is 0.764. The summed E-state index contributed by atoms with van der Waals surface area (Å²) in [6.07, 6.45) is 1.81. The lowest BCUT2D eigenvalue weighted by Gasteiger charge is -2.23. The SMILES string of the molecule is COc1ccc(C(=O)OCC(=O)N2CCCC2c2cccs2)c(F)c1. The van der Waals surface area contributed by atoms with Crippen LogP contribution in [0.25, 0.3) is 0 Å². The first-order chi connectivity index (χ1) is 12.1. The van der Waals surface area contributed by atoms with Gasteiger partial charge in [0.1, 0.15) is 11.6 Å². The lowest BCUT2D eigenvalue weighted by Crippen LogP contribution is -2.34. The minimum Gasteiger partial charge on any atom is -0.497 e. The molecule has 1 aromatic carbocycles. The average Bonchev–Trinajstić information content (AvgIpc) is 3.29. The monoisotopic (exact) mass is 363 g/mol. The zero-order valence-corrected chi connectivity index (χ0v) is 14.6. The molecule has 25 heavy (non-hydrogen) atoms. The Hall–Kier alpha value is -2.41. The summed E-state index contributed by atoms with van der Waals surface area (Å²) in [5.41, 5.74) is -0.218. The number of esters is 1. The van der Waals surface area contributed by atoms with Gasteiger partial charge in [-0.3, -0.25) is 4.79 Å². The number of hydrogen-bond donors (Lipinski definition) is 0. The van der Waals surface area contributed by atoms with E-state index in [0.717, 1.165) is 23.8 Å². The number of amides is 1. The van der Waals surface area contributed by atoms with Gasteiger partial charge in [0, 0.05) is 17.5 Å². The fraction of sp³-hybridized carbons (Fsp3) is 0.333. The number of methoxy groups -OCH3 is 1. The lowest BCUT2D eigenvalue weighted by molar-refractivity contribution is -0.135. The van der Waals surface area contributed by atoms with Gasteiger partial charge in [0.15, 0.2) is 6.61 Å². The van der Waals surface area contributed by atoms with Gasteiger partial charge in [0.25, 0.3) is 5.91 Å². The maximum atomic E-state index is 13.9. The third-order valence-corrected chi connectivity index (χ3v) is 5.14. The normalized spacial score (nSPS) is 16.7. The van der Waals surface area contributed by atoms with Crippen LogP contribution >= 0.6 is 11.3 Å². The van der Waals surface area contributed by atoms with Gasteiger partial charge in [-0.05, 0) is 36.4 Å². The highest BCUT2D eigenvalue weighted by atomic mass is 32.1. The molecule has 0 radical (unpaired) electrons. The third kappa shape index (κ3) is 3.82. The van der Waals surface area contributed by atoms with Crippen molar-refractivity contribution in [3.63, 3.8) is 0 Å². The van der Waals surface area contributed by atoms with Crippen molar-refractivity contribution < 1.29 is 23.5 Å². The van der Waals surface area contributed by atoms with E-state index >= 15 is 0 Å². The van der Waals surface area contributed by atoms with Gasteiger partial charge >= 0.3 is 5.97 Å². The van der Waals surface area contributed by atoms with Crippen molar-refractivity contribution in [2.24, 2.45) is 0 Å². The molecule has 1 saturated heterocycles. The van der Waals surface area contributed by atoms with Crippen LogP contribution in [0.1, 0.15) is 34.1 Å². The first kappa shape index (κ1) is 17.4. The highest BCUT2D eigenvalue weighted by molar-refractivity contribution is 7.10. The molecular formula is C18H18FNO4S. The van der Waals surface area contributed by atoms with Crippen molar-refractivity contribution in [1.29, 1.82) is 0 Å². The summed E-state index contributed by atoms with van der Waals surface area (Å²) in [5.74, 6) is -1.56. The zero-order chi connectivity index (χ0) is 17.8. The Balaban J connectivity index is 1.61. The summed E-state index contributed by atoms with van der Waals surface area (Å²) in [6, 6.07) is 7.84. The standard InChI is InChI=1S/C18H18FNO4S/c1-23-12-6-7-13(14(19)10-12)18(22)24-11-17(21)20-8-2-4-15(20)16-5-3-9-25-16/h3,5-7,9-10,15H,2,4,8,11H2,1H3. The van der Waals surface area contributed by atoms with E-state index in [9.17, 15) is 14.0 Å².